The SMILES string of the molecule is c1ccc(N2Cc3ccccc3CN2c2ccccc2)cc1. The van der Waals surface area contributed by atoms with Crippen molar-refractivity contribution >= 4 is 11.4 Å². The molecule has 108 valence electrons. The molecule has 0 fully saturated rings. The van der Waals surface area contributed by atoms with Crippen molar-refractivity contribution in [2.24, 2.45) is 0 Å². The van der Waals surface area contributed by atoms with Crippen LogP contribution in [0.3, 0.4) is 0 Å². The summed E-state index contributed by atoms with van der Waals surface area (Å²) in [5.74, 6) is 0. The Morgan fingerprint density at radius 3 is 1.23 bits per heavy atom. The lowest BCUT2D eigenvalue weighted by molar-refractivity contribution is 0.667. The van der Waals surface area contributed by atoms with Gasteiger partial charge in [0, 0.05) is 0 Å². The maximum Gasteiger partial charge on any atom is 0.0650 e. The van der Waals surface area contributed by atoms with Crippen molar-refractivity contribution in [3.63, 3.8) is 0 Å². The van der Waals surface area contributed by atoms with E-state index in [1.807, 2.05) is 0 Å². The second kappa shape index (κ2) is 5.57. The van der Waals surface area contributed by atoms with Gasteiger partial charge in [0.25, 0.3) is 0 Å². The highest BCUT2D eigenvalue weighted by atomic mass is 15.6. The van der Waals surface area contributed by atoms with E-state index in [0.29, 0.717) is 0 Å². The van der Waals surface area contributed by atoms with Crippen molar-refractivity contribution in [3.8, 4) is 0 Å². The van der Waals surface area contributed by atoms with E-state index in [0.717, 1.165) is 13.1 Å². The molecule has 1 aliphatic heterocycles. The highest BCUT2D eigenvalue weighted by Crippen LogP contribution is 2.31. The molecule has 0 amide bonds. The van der Waals surface area contributed by atoms with E-state index in [4.69, 9.17) is 0 Å². The predicted molar refractivity (Wildman–Crippen MR) is 91.7 cm³/mol. The fourth-order valence-electron chi connectivity index (χ4n) is 3.02. The van der Waals surface area contributed by atoms with Crippen molar-refractivity contribution in [2.75, 3.05) is 10.0 Å². The lowest BCUT2D eigenvalue weighted by Crippen LogP contribution is -2.45. The average molecular weight is 286 g/mol. The Bertz CT molecular complexity index is 686. The van der Waals surface area contributed by atoms with Crippen molar-refractivity contribution < 1.29 is 0 Å². The second-order valence-corrected chi connectivity index (χ2v) is 5.56. The maximum absolute atomic E-state index is 2.36. The Morgan fingerprint density at radius 2 is 0.818 bits per heavy atom. The van der Waals surface area contributed by atoms with Gasteiger partial charge in [0.15, 0.2) is 0 Å². The van der Waals surface area contributed by atoms with Crippen molar-refractivity contribution in [3.05, 3.63) is 96.1 Å². The van der Waals surface area contributed by atoms with Crippen LogP contribution in [0.5, 0.6) is 0 Å². The Morgan fingerprint density at radius 1 is 0.455 bits per heavy atom. The van der Waals surface area contributed by atoms with Crippen LogP contribution < -0.4 is 10.0 Å². The third-order valence-corrected chi connectivity index (χ3v) is 4.16. The van der Waals surface area contributed by atoms with Gasteiger partial charge in [0.1, 0.15) is 0 Å². The smallest absolute Gasteiger partial charge is 0.0650 e. The molecule has 0 atom stereocenters. The van der Waals surface area contributed by atoms with Gasteiger partial charge >= 0.3 is 0 Å². The van der Waals surface area contributed by atoms with Gasteiger partial charge in [-0.15, -0.1) is 0 Å². The number of hydrogen-bond acceptors (Lipinski definition) is 2. The summed E-state index contributed by atoms with van der Waals surface area (Å²) >= 11 is 0. The Labute approximate surface area is 131 Å². The third kappa shape index (κ3) is 2.33. The lowest BCUT2D eigenvalue weighted by atomic mass is 10.0. The van der Waals surface area contributed by atoms with Crippen LogP contribution in [0.1, 0.15) is 11.1 Å². The third-order valence-electron chi connectivity index (χ3n) is 4.16. The summed E-state index contributed by atoms with van der Waals surface area (Å²) in [4.78, 5) is 0. The second-order valence-electron chi connectivity index (χ2n) is 5.56. The standard InChI is InChI=1S/C20H18N2/c1-3-11-19(12-4-1)21-15-17-9-7-8-10-18(17)16-22(21)20-13-5-2-6-14-20/h1-14H,15-16H2. The summed E-state index contributed by atoms with van der Waals surface area (Å²) in [6.07, 6.45) is 0. The van der Waals surface area contributed by atoms with E-state index in [-0.39, 0.29) is 0 Å². The number of hydrazine groups is 1. The quantitative estimate of drug-likeness (QED) is 0.678. The minimum atomic E-state index is 0.898. The fourth-order valence-corrected chi connectivity index (χ4v) is 3.02. The van der Waals surface area contributed by atoms with E-state index in [9.17, 15) is 0 Å². The predicted octanol–water partition coefficient (Wildman–Crippen LogP) is 4.63. The fraction of sp³-hybridized carbons (Fsp3) is 0.100. The average Bonchev–Trinajstić information content (AvgIpc) is 2.62. The number of rotatable bonds is 2. The molecule has 0 unspecified atom stereocenters. The molecule has 0 aromatic heterocycles. The normalized spacial score (nSPS) is 13.8. The molecule has 3 aromatic rings. The van der Waals surface area contributed by atoms with Crippen LogP contribution >= 0.6 is 0 Å². The number of fused-ring (bicyclic) bond motifs is 1. The molecule has 0 N–H and O–H groups in total. The minimum Gasteiger partial charge on any atom is -0.281 e. The van der Waals surface area contributed by atoms with Gasteiger partial charge in [0.2, 0.25) is 0 Å². The summed E-state index contributed by atoms with van der Waals surface area (Å²) in [5.41, 5.74) is 5.25. The zero-order valence-electron chi connectivity index (χ0n) is 12.4. The molecule has 2 nitrogen and oxygen atoms in total. The van der Waals surface area contributed by atoms with E-state index in [1.54, 1.807) is 0 Å². The van der Waals surface area contributed by atoms with Gasteiger partial charge in [-0.25, -0.2) is 0 Å². The van der Waals surface area contributed by atoms with E-state index < -0.39 is 0 Å². The number of benzene rings is 3. The van der Waals surface area contributed by atoms with Crippen LogP contribution in [0.15, 0.2) is 84.9 Å². The molecule has 1 aliphatic rings. The summed E-state index contributed by atoms with van der Waals surface area (Å²) in [6, 6.07) is 29.9. The number of hydrogen-bond donors (Lipinski definition) is 0. The molecule has 4 rings (SSSR count). The minimum absolute atomic E-state index is 0.898. The highest BCUT2D eigenvalue weighted by molar-refractivity contribution is 5.60. The van der Waals surface area contributed by atoms with Gasteiger partial charge in [-0.2, -0.15) is 0 Å². The molecule has 0 spiro atoms. The van der Waals surface area contributed by atoms with Crippen LogP contribution in [-0.2, 0) is 13.1 Å². The summed E-state index contributed by atoms with van der Waals surface area (Å²) in [6.45, 7) is 1.80. The number of anilines is 2. The lowest BCUT2D eigenvalue weighted by Gasteiger charge is -2.42. The number of nitrogens with zero attached hydrogens (tertiary/aromatic N) is 2. The van der Waals surface area contributed by atoms with Crippen molar-refractivity contribution in [1.29, 1.82) is 0 Å². The molecule has 22 heavy (non-hydrogen) atoms. The van der Waals surface area contributed by atoms with E-state index in [2.05, 4.69) is 94.9 Å². The van der Waals surface area contributed by atoms with E-state index >= 15 is 0 Å². The van der Waals surface area contributed by atoms with Crippen LogP contribution in [0.2, 0.25) is 0 Å². The molecule has 0 saturated carbocycles. The summed E-state index contributed by atoms with van der Waals surface area (Å²) < 4.78 is 0. The first-order valence-corrected chi connectivity index (χ1v) is 7.64. The first-order chi connectivity index (χ1) is 10.9. The molecule has 0 aliphatic carbocycles. The largest absolute Gasteiger partial charge is 0.281 e. The molecule has 1 heterocycles. The van der Waals surface area contributed by atoms with Gasteiger partial charge in [-0.3, -0.25) is 10.0 Å². The van der Waals surface area contributed by atoms with Crippen molar-refractivity contribution in [2.45, 2.75) is 13.1 Å². The van der Waals surface area contributed by atoms with Gasteiger partial charge < -0.3 is 0 Å². The molecule has 0 bridgehead atoms. The van der Waals surface area contributed by atoms with Gasteiger partial charge in [-0.05, 0) is 35.4 Å². The Kier molecular flexibility index (Phi) is 3.28. The highest BCUT2D eigenvalue weighted by Gasteiger charge is 2.24. The molecule has 2 heteroatoms. The van der Waals surface area contributed by atoms with Gasteiger partial charge in [0.05, 0.1) is 24.5 Å². The molecular weight excluding hydrogens is 268 g/mol. The molecule has 3 aromatic carbocycles. The number of para-hydroxylation sites is 2. The van der Waals surface area contributed by atoms with Gasteiger partial charge in [-0.1, -0.05) is 60.7 Å². The summed E-state index contributed by atoms with van der Waals surface area (Å²) in [7, 11) is 0. The topological polar surface area (TPSA) is 6.48 Å². The van der Waals surface area contributed by atoms with Crippen LogP contribution in [0, 0.1) is 0 Å². The van der Waals surface area contributed by atoms with Crippen molar-refractivity contribution in [1.82, 2.24) is 0 Å². The maximum atomic E-state index is 2.36. The van der Waals surface area contributed by atoms with Crippen LogP contribution in [0.4, 0.5) is 11.4 Å². The summed E-state index contributed by atoms with van der Waals surface area (Å²) in [5, 5.41) is 4.72. The first-order valence-electron chi connectivity index (χ1n) is 7.64. The Hall–Kier alpha value is -2.74. The zero-order chi connectivity index (χ0) is 14.8. The Balaban J connectivity index is 1.79. The first kappa shape index (κ1) is 13.0. The molecule has 0 saturated heterocycles. The molecule has 0 radical (unpaired) electrons. The zero-order valence-corrected chi connectivity index (χ0v) is 12.4. The molecular formula is C20H18N2. The van der Waals surface area contributed by atoms with Crippen LogP contribution in [-0.4, -0.2) is 0 Å². The monoisotopic (exact) mass is 286 g/mol. The van der Waals surface area contributed by atoms with E-state index in [1.165, 1.54) is 22.5 Å². The van der Waals surface area contributed by atoms with Crippen LogP contribution in [0.25, 0.3) is 0 Å².